The molecule has 1 unspecified atom stereocenters. The summed E-state index contributed by atoms with van der Waals surface area (Å²) in [6.45, 7) is 2.26. The molecule has 2 heterocycles. The van der Waals surface area contributed by atoms with Gasteiger partial charge in [0, 0.05) is 43.7 Å². The predicted octanol–water partition coefficient (Wildman–Crippen LogP) is 1.71. The highest BCUT2D eigenvalue weighted by atomic mass is 32.2. The molecule has 2 rings (SSSR count). The second-order valence-electron chi connectivity index (χ2n) is 4.08. The van der Waals surface area contributed by atoms with Crippen molar-refractivity contribution in [3.63, 3.8) is 0 Å². The van der Waals surface area contributed by atoms with Crippen molar-refractivity contribution < 1.29 is 9.59 Å². The molecule has 1 aliphatic rings. The number of nitrogens with zero attached hydrogens (tertiary/aromatic N) is 2. The maximum absolute atomic E-state index is 11.8. The van der Waals surface area contributed by atoms with Gasteiger partial charge in [0.05, 0.1) is 0 Å². The van der Waals surface area contributed by atoms with Crippen molar-refractivity contribution in [2.75, 3.05) is 17.2 Å². The standard InChI is InChI=1S/C12H14N2O2S/c1-9(15)17-8-10-6-12(16)14(7-10)11-2-4-13-5-3-11/h2-5,10H,6-8H2,1H3. The van der Waals surface area contributed by atoms with E-state index in [2.05, 4.69) is 4.98 Å². The summed E-state index contributed by atoms with van der Waals surface area (Å²) >= 11 is 1.30. The zero-order valence-corrected chi connectivity index (χ0v) is 10.4. The number of rotatable bonds is 3. The van der Waals surface area contributed by atoms with E-state index in [1.54, 1.807) is 24.2 Å². The Bertz CT molecular complexity index is 422. The maximum atomic E-state index is 11.8. The first-order valence-corrected chi connectivity index (χ1v) is 6.49. The number of anilines is 1. The van der Waals surface area contributed by atoms with Crippen LogP contribution in [-0.4, -0.2) is 28.3 Å². The van der Waals surface area contributed by atoms with Gasteiger partial charge >= 0.3 is 0 Å². The van der Waals surface area contributed by atoms with Crippen molar-refractivity contribution in [1.82, 2.24) is 4.98 Å². The minimum Gasteiger partial charge on any atom is -0.312 e. The van der Waals surface area contributed by atoms with Crippen LogP contribution < -0.4 is 4.90 Å². The first-order valence-electron chi connectivity index (χ1n) is 5.50. The lowest BCUT2D eigenvalue weighted by Crippen LogP contribution is -2.24. The molecule has 17 heavy (non-hydrogen) atoms. The van der Waals surface area contributed by atoms with Gasteiger partial charge < -0.3 is 4.90 Å². The lowest BCUT2D eigenvalue weighted by Gasteiger charge is -2.16. The molecule has 0 radical (unpaired) electrons. The SMILES string of the molecule is CC(=O)SCC1CC(=O)N(c2ccncc2)C1. The molecule has 1 aliphatic heterocycles. The number of aromatic nitrogens is 1. The summed E-state index contributed by atoms with van der Waals surface area (Å²) < 4.78 is 0. The van der Waals surface area contributed by atoms with Crippen LogP contribution >= 0.6 is 11.8 Å². The summed E-state index contributed by atoms with van der Waals surface area (Å²) in [4.78, 5) is 28.4. The minimum absolute atomic E-state index is 0.111. The zero-order chi connectivity index (χ0) is 12.3. The normalized spacial score (nSPS) is 19.7. The first kappa shape index (κ1) is 12.1. The Balaban J connectivity index is 1.98. The predicted molar refractivity (Wildman–Crippen MR) is 67.8 cm³/mol. The molecule has 0 spiro atoms. The Morgan fingerprint density at radius 2 is 2.24 bits per heavy atom. The highest BCUT2D eigenvalue weighted by molar-refractivity contribution is 8.13. The van der Waals surface area contributed by atoms with Gasteiger partial charge in [-0.3, -0.25) is 14.6 Å². The number of thioether (sulfide) groups is 1. The Kier molecular flexibility index (Phi) is 3.78. The molecule has 0 N–H and O–H groups in total. The van der Waals surface area contributed by atoms with Gasteiger partial charge in [0.25, 0.3) is 0 Å². The first-order chi connectivity index (χ1) is 8.16. The lowest BCUT2D eigenvalue weighted by atomic mass is 10.1. The van der Waals surface area contributed by atoms with Crippen LogP contribution in [0.3, 0.4) is 0 Å². The molecule has 0 aromatic carbocycles. The third kappa shape index (κ3) is 3.06. The van der Waals surface area contributed by atoms with Gasteiger partial charge in [-0.2, -0.15) is 0 Å². The van der Waals surface area contributed by atoms with Crippen LogP contribution in [0.1, 0.15) is 13.3 Å². The summed E-state index contributed by atoms with van der Waals surface area (Å²) in [6, 6.07) is 3.66. The van der Waals surface area contributed by atoms with E-state index in [1.165, 1.54) is 11.8 Å². The van der Waals surface area contributed by atoms with Crippen molar-refractivity contribution in [2.24, 2.45) is 5.92 Å². The second kappa shape index (κ2) is 5.31. The maximum Gasteiger partial charge on any atom is 0.227 e. The molecule has 1 saturated heterocycles. The van der Waals surface area contributed by atoms with E-state index in [0.29, 0.717) is 13.0 Å². The summed E-state index contributed by atoms with van der Waals surface area (Å²) in [5.74, 6) is 1.12. The fourth-order valence-corrected chi connectivity index (χ4v) is 2.60. The van der Waals surface area contributed by atoms with Gasteiger partial charge in [-0.05, 0) is 18.1 Å². The van der Waals surface area contributed by atoms with Gasteiger partial charge in [-0.25, -0.2) is 0 Å². The summed E-state index contributed by atoms with van der Waals surface area (Å²) in [6.07, 6.45) is 3.89. The second-order valence-corrected chi connectivity index (χ2v) is 5.28. The van der Waals surface area contributed by atoms with Gasteiger partial charge in [-0.1, -0.05) is 11.8 Å². The molecule has 0 saturated carbocycles. The van der Waals surface area contributed by atoms with Crippen LogP contribution in [-0.2, 0) is 9.59 Å². The van der Waals surface area contributed by atoms with E-state index in [-0.39, 0.29) is 16.9 Å². The zero-order valence-electron chi connectivity index (χ0n) is 9.63. The van der Waals surface area contributed by atoms with Gasteiger partial charge in [0.1, 0.15) is 0 Å². The molecule has 1 amide bonds. The topological polar surface area (TPSA) is 50.3 Å². The fraction of sp³-hybridized carbons (Fsp3) is 0.417. The Morgan fingerprint density at radius 3 is 2.88 bits per heavy atom. The third-order valence-corrected chi connectivity index (χ3v) is 3.75. The summed E-state index contributed by atoms with van der Waals surface area (Å²) in [5.41, 5.74) is 0.889. The Morgan fingerprint density at radius 1 is 1.53 bits per heavy atom. The Hall–Kier alpha value is -1.36. The minimum atomic E-state index is 0.111. The molecule has 90 valence electrons. The molecule has 0 bridgehead atoms. The van der Waals surface area contributed by atoms with Gasteiger partial charge in [-0.15, -0.1) is 0 Å². The molecule has 5 heteroatoms. The molecule has 1 fully saturated rings. The van der Waals surface area contributed by atoms with Crippen molar-refractivity contribution in [1.29, 1.82) is 0 Å². The third-order valence-electron chi connectivity index (χ3n) is 2.70. The number of hydrogen-bond acceptors (Lipinski definition) is 4. The fourth-order valence-electron chi connectivity index (χ4n) is 1.90. The van der Waals surface area contributed by atoms with Crippen LogP contribution in [0.15, 0.2) is 24.5 Å². The molecule has 1 atom stereocenters. The largest absolute Gasteiger partial charge is 0.312 e. The van der Waals surface area contributed by atoms with E-state index in [1.807, 2.05) is 12.1 Å². The van der Waals surface area contributed by atoms with Gasteiger partial charge in [0.2, 0.25) is 5.91 Å². The van der Waals surface area contributed by atoms with E-state index >= 15 is 0 Å². The van der Waals surface area contributed by atoms with E-state index in [4.69, 9.17) is 0 Å². The van der Waals surface area contributed by atoms with Crippen LogP contribution in [0, 0.1) is 5.92 Å². The van der Waals surface area contributed by atoms with E-state index < -0.39 is 0 Å². The monoisotopic (exact) mass is 250 g/mol. The summed E-state index contributed by atoms with van der Waals surface area (Å²) in [5, 5.41) is 0.111. The molecule has 4 nitrogen and oxygen atoms in total. The van der Waals surface area contributed by atoms with E-state index in [0.717, 1.165) is 11.4 Å². The summed E-state index contributed by atoms with van der Waals surface area (Å²) in [7, 11) is 0. The van der Waals surface area contributed by atoms with Gasteiger partial charge in [0.15, 0.2) is 5.12 Å². The van der Waals surface area contributed by atoms with E-state index in [9.17, 15) is 9.59 Å². The smallest absolute Gasteiger partial charge is 0.227 e. The number of amides is 1. The molecular weight excluding hydrogens is 236 g/mol. The quantitative estimate of drug-likeness (QED) is 0.819. The molecule has 1 aromatic heterocycles. The number of pyridine rings is 1. The highest BCUT2D eigenvalue weighted by Crippen LogP contribution is 2.26. The number of carbonyl (C=O) groups is 2. The lowest BCUT2D eigenvalue weighted by molar-refractivity contribution is -0.117. The van der Waals surface area contributed by atoms with Crippen LogP contribution in [0.2, 0.25) is 0 Å². The average molecular weight is 250 g/mol. The average Bonchev–Trinajstić information content (AvgIpc) is 2.69. The molecule has 0 aliphatic carbocycles. The number of hydrogen-bond donors (Lipinski definition) is 0. The molecular formula is C12H14N2O2S. The van der Waals surface area contributed by atoms with Crippen molar-refractivity contribution in [2.45, 2.75) is 13.3 Å². The van der Waals surface area contributed by atoms with Crippen LogP contribution in [0.5, 0.6) is 0 Å². The van der Waals surface area contributed by atoms with Crippen molar-refractivity contribution in [3.05, 3.63) is 24.5 Å². The van der Waals surface area contributed by atoms with Crippen LogP contribution in [0.4, 0.5) is 5.69 Å². The van der Waals surface area contributed by atoms with Crippen LogP contribution in [0.25, 0.3) is 0 Å². The number of carbonyl (C=O) groups excluding carboxylic acids is 2. The van der Waals surface area contributed by atoms with Crippen molar-refractivity contribution >= 4 is 28.5 Å². The Labute approximate surface area is 104 Å². The highest BCUT2D eigenvalue weighted by Gasteiger charge is 2.30. The van der Waals surface area contributed by atoms with Crippen molar-refractivity contribution in [3.8, 4) is 0 Å². The molecule has 1 aromatic rings.